The van der Waals surface area contributed by atoms with Gasteiger partial charge in [-0.3, -0.25) is 4.79 Å². The number of pyridine rings is 1. The molecule has 0 saturated carbocycles. The molecule has 3 aromatic rings. The lowest BCUT2D eigenvalue weighted by Gasteiger charge is -2.11. The molecule has 0 aliphatic rings. The molecule has 0 aliphatic carbocycles. The van der Waals surface area contributed by atoms with Crippen molar-refractivity contribution in [1.29, 1.82) is 0 Å². The first-order valence-electron chi connectivity index (χ1n) is 6.88. The Morgan fingerprint density at radius 3 is 2.57 bits per heavy atom. The summed E-state index contributed by atoms with van der Waals surface area (Å²) in [7, 11) is 0. The number of para-hydroxylation sites is 2. The summed E-state index contributed by atoms with van der Waals surface area (Å²) < 4.78 is 0. The second kappa shape index (κ2) is 5.37. The molecule has 0 saturated heterocycles. The highest BCUT2D eigenvalue weighted by Gasteiger charge is 2.08. The number of carbonyl (C=O) groups is 1. The van der Waals surface area contributed by atoms with E-state index in [-0.39, 0.29) is 5.78 Å². The molecular formula is C18H16N2O. The molecule has 3 heteroatoms. The van der Waals surface area contributed by atoms with E-state index in [2.05, 4.69) is 23.3 Å². The molecule has 0 unspecified atom stereocenters. The smallest absolute Gasteiger partial charge is 0.161 e. The number of aromatic nitrogens is 1. The SMILES string of the molecule is CC(=O)c1ccccc1Nc1cc(C)c2ccccc2n1. The highest BCUT2D eigenvalue weighted by molar-refractivity contribution is 6.00. The summed E-state index contributed by atoms with van der Waals surface area (Å²) in [5.41, 5.74) is 3.56. The zero-order valence-corrected chi connectivity index (χ0v) is 12.1. The van der Waals surface area contributed by atoms with Crippen LogP contribution in [0.2, 0.25) is 0 Å². The quantitative estimate of drug-likeness (QED) is 0.717. The number of hydrogen-bond donors (Lipinski definition) is 1. The number of ketones is 1. The van der Waals surface area contributed by atoms with Crippen LogP contribution < -0.4 is 5.32 Å². The molecule has 0 fully saturated rings. The molecule has 1 heterocycles. The van der Waals surface area contributed by atoms with Crippen molar-refractivity contribution >= 4 is 28.2 Å². The van der Waals surface area contributed by atoms with Crippen molar-refractivity contribution in [2.75, 3.05) is 5.32 Å². The number of nitrogens with one attached hydrogen (secondary N) is 1. The Bertz CT molecular complexity index is 824. The van der Waals surface area contributed by atoms with Gasteiger partial charge in [0.05, 0.1) is 11.2 Å². The second-order valence-corrected chi connectivity index (χ2v) is 5.07. The fourth-order valence-electron chi connectivity index (χ4n) is 2.45. The molecule has 3 nitrogen and oxygen atoms in total. The highest BCUT2D eigenvalue weighted by Crippen LogP contribution is 2.24. The van der Waals surface area contributed by atoms with Gasteiger partial charge in [-0.25, -0.2) is 4.98 Å². The fourth-order valence-corrected chi connectivity index (χ4v) is 2.45. The van der Waals surface area contributed by atoms with Crippen LogP contribution in [0.25, 0.3) is 10.9 Å². The normalized spacial score (nSPS) is 10.6. The van der Waals surface area contributed by atoms with Gasteiger partial charge in [0.2, 0.25) is 0 Å². The van der Waals surface area contributed by atoms with Crippen molar-refractivity contribution in [2.45, 2.75) is 13.8 Å². The summed E-state index contributed by atoms with van der Waals surface area (Å²) in [5, 5.41) is 4.40. The largest absolute Gasteiger partial charge is 0.340 e. The highest BCUT2D eigenvalue weighted by atomic mass is 16.1. The lowest BCUT2D eigenvalue weighted by Crippen LogP contribution is -2.01. The van der Waals surface area contributed by atoms with Crippen LogP contribution in [-0.4, -0.2) is 10.8 Å². The number of anilines is 2. The molecule has 0 aliphatic heterocycles. The number of Topliss-reactive ketones (excluding diaryl/α,β-unsaturated/α-hetero) is 1. The van der Waals surface area contributed by atoms with Crippen LogP contribution in [0.4, 0.5) is 11.5 Å². The van der Waals surface area contributed by atoms with Crippen LogP contribution in [0.5, 0.6) is 0 Å². The van der Waals surface area contributed by atoms with Gasteiger partial charge in [-0.05, 0) is 43.7 Å². The average Bonchev–Trinajstić information content (AvgIpc) is 2.47. The molecule has 104 valence electrons. The predicted molar refractivity (Wildman–Crippen MR) is 86.2 cm³/mol. The molecule has 0 atom stereocenters. The average molecular weight is 276 g/mol. The first-order chi connectivity index (χ1) is 10.1. The molecule has 21 heavy (non-hydrogen) atoms. The summed E-state index contributed by atoms with van der Waals surface area (Å²) in [6.45, 7) is 3.63. The van der Waals surface area contributed by atoms with Gasteiger partial charge < -0.3 is 5.32 Å². The van der Waals surface area contributed by atoms with Crippen LogP contribution in [0.15, 0.2) is 54.6 Å². The van der Waals surface area contributed by atoms with Crippen LogP contribution in [0.3, 0.4) is 0 Å². The molecule has 0 radical (unpaired) electrons. The summed E-state index contributed by atoms with van der Waals surface area (Å²) in [5.74, 6) is 0.788. The fraction of sp³-hybridized carbons (Fsp3) is 0.111. The minimum Gasteiger partial charge on any atom is -0.340 e. The Morgan fingerprint density at radius 2 is 1.76 bits per heavy atom. The van der Waals surface area contributed by atoms with E-state index in [4.69, 9.17) is 0 Å². The van der Waals surface area contributed by atoms with Crippen LogP contribution in [0, 0.1) is 6.92 Å². The first kappa shape index (κ1) is 13.3. The Labute approximate surface area is 123 Å². The van der Waals surface area contributed by atoms with E-state index in [1.54, 1.807) is 6.92 Å². The van der Waals surface area contributed by atoms with Gasteiger partial charge in [-0.15, -0.1) is 0 Å². The molecule has 0 spiro atoms. The molecule has 1 aromatic heterocycles. The number of benzene rings is 2. The number of carbonyl (C=O) groups excluding carboxylic acids is 1. The first-order valence-corrected chi connectivity index (χ1v) is 6.88. The number of fused-ring (bicyclic) bond motifs is 1. The van der Waals surface area contributed by atoms with Crippen molar-refractivity contribution in [2.24, 2.45) is 0 Å². The van der Waals surface area contributed by atoms with E-state index in [1.807, 2.05) is 48.5 Å². The summed E-state index contributed by atoms with van der Waals surface area (Å²) in [4.78, 5) is 16.3. The van der Waals surface area contributed by atoms with E-state index >= 15 is 0 Å². The lowest BCUT2D eigenvalue weighted by molar-refractivity contribution is 0.101. The minimum absolute atomic E-state index is 0.0376. The van der Waals surface area contributed by atoms with E-state index in [0.29, 0.717) is 5.56 Å². The Hall–Kier alpha value is -2.68. The van der Waals surface area contributed by atoms with Gasteiger partial charge in [-0.2, -0.15) is 0 Å². The maximum absolute atomic E-state index is 11.7. The van der Waals surface area contributed by atoms with Gasteiger partial charge >= 0.3 is 0 Å². The van der Waals surface area contributed by atoms with Crippen molar-refractivity contribution in [3.05, 3.63) is 65.7 Å². The number of rotatable bonds is 3. The summed E-state index contributed by atoms with van der Waals surface area (Å²) in [6.07, 6.45) is 0. The molecule has 3 rings (SSSR count). The van der Waals surface area contributed by atoms with Gasteiger partial charge in [0.25, 0.3) is 0 Å². The molecular weight excluding hydrogens is 260 g/mol. The van der Waals surface area contributed by atoms with Gasteiger partial charge in [0, 0.05) is 10.9 Å². The zero-order chi connectivity index (χ0) is 14.8. The molecule has 0 amide bonds. The van der Waals surface area contributed by atoms with E-state index < -0.39 is 0 Å². The van der Waals surface area contributed by atoms with Gasteiger partial charge in [-0.1, -0.05) is 30.3 Å². The summed E-state index contributed by atoms with van der Waals surface area (Å²) >= 11 is 0. The second-order valence-electron chi connectivity index (χ2n) is 5.07. The number of hydrogen-bond acceptors (Lipinski definition) is 3. The standard InChI is InChI=1S/C18H16N2O/c1-12-11-18(19-16-9-5-3-7-14(12)16)20-17-10-6-4-8-15(17)13(2)21/h3-11H,1-2H3,(H,19,20). The zero-order valence-electron chi connectivity index (χ0n) is 12.1. The van der Waals surface area contributed by atoms with Crippen molar-refractivity contribution in [3.63, 3.8) is 0 Å². The van der Waals surface area contributed by atoms with Crippen molar-refractivity contribution in [3.8, 4) is 0 Å². The van der Waals surface area contributed by atoms with Crippen molar-refractivity contribution < 1.29 is 4.79 Å². The minimum atomic E-state index is 0.0376. The summed E-state index contributed by atoms with van der Waals surface area (Å²) in [6, 6.07) is 17.5. The van der Waals surface area contributed by atoms with Gasteiger partial charge in [0.1, 0.15) is 5.82 Å². The third-order valence-electron chi connectivity index (χ3n) is 3.49. The predicted octanol–water partition coefficient (Wildman–Crippen LogP) is 4.49. The Balaban J connectivity index is 2.05. The van der Waals surface area contributed by atoms with Crippen molar-refractivity contribution in [1.82, 2.24) is 4.98 Å². The Kier molecular flexibility index (Phi) is 3.40. The van der Waals surface area contributed by atoms with Crippen LogP contribution in [0.1, 0.15) is 22.8 Å². The number of aryl methyl sites for hydroxylation is 1. The van der Waals surface area contributed by atoms with E-state index in [0.717, 1.165) is 28.0 Å². The van der Waals surface area contributed by atoms with Crippen LogP contribution in [-0.2, 0) is 0 Å². The van der Waals surface area contributed by atoms with E-state index in [9.17, 15) is 4.79 Å². The van der Waals surface area contributed by atoms with Gasteiger partial charge in [0.15, 0.2) is 5.78 Å². The Morgan fingerprint density at radius 1 is 1.05 bits per heavy atom. The number of nitrogens with zero attached hydrogens (tertiary/aromatic N) is 1. The molecule has 0 bridgehead atoms. The third kappa shape index (κ3) is 2.63. The topological polar surface area (TPSA) is 42.0 Å². The third-order valence-corrected chi connectivity index (χ3v) is 3.49. The maximum Gasteiger partial charge on any atom is 0.161 e. The van der Waals surface area contributed by atoms with Crippen LogP contribution >= 0.6 is 0 Å². The monoisotopic (exact) mass is 276 g/mol. The molecule has 2 aromatic carbocycles. The van der Waals surface area contributed by atoms with E-state index in [1.165, 1.54) is 0 Å². The lowest BCUT2D eigenvalue weighted by atomic mass is 10.1. The molecule has 1 N–H and O–H groups in total. The maximum atomic E-state index is 11.7.